The zero-order valence-electron chi connectivity index (χ0n) is 20.3. The predicted molar refractivity (Wildman–Crippen MR) is 150 cm³/mol. The number of hydrogen-bond donors (Lipinski definition) is 3. The van der Waals surface area contributed by atoms with Crippen LogP contribution in [0.25, 0.3) is 33.4 Å². The van der Waals surface area contributed by atoms with Gasteiger partial charge in [-0.1, -0.05) is 59.6 Å². The minimum Gasteiger partial charge on any atom is -0.385 e. The van der Waals surface area contributed by atoms with Crippen molar-refractivity contribution in [1.82, 2.24) is 0 Å². The molecule has 0 atom stereocenters. The zero-order chi connectivity index (χ0) is 26.9. The number of rotatable bonds is 6. The Morgan fingerprint density at radius 2 is 1.05 bits per heavy atom. The third-order valence-corrected chi connectivity index (χ3v) is 9.13. The summed E-state index contributed by atoms with van der Waals surface area (Å²) in [4.78, 5) is 0.0378. The number of hydrogen-bond acceptors (Lipinski definition) is 4. The lowest BCUT2D eigenvalue weighted by atomic mass is 9.89. The topological polar surface area (TPSA) is 101 Å². The van der Waals surface area contributed by atoms with Gasteiger partial charge in [-0.05, 0) is 102 Å². The Bertz CT molecular complexity index is 1690. The third kappa shape index (κ3) is 4.66. The maximum absolute atomic E-state index is 11.8. The maximum Gasteiger partial charge on any atom is 0.238 e. The molecule has 0 radical (unpaired) electrons. The van der Waals surface area contributed by atoms with E-state index in [4.69, 9.17) is 28.3 Å². The van der Waals surface area contributed by atoms with Gasteiger partial charge in [-0.2, -0.15) is 0 Å². The van der Waals surface area contributed by atoms with Gasteiger partial charge in [-0.15, -0.1) is 0 Å². The first-order chi connectivity index (χ1) is 18.0. The SMILES string of the molecule is NS(=O)(=O)c1ccc(-c2ccc(-c3ccc(Cl)c(C4(O)CC4)c3)cc2-c2ccc(Cl)c(C3(O)CC3)c2)cc1. The molecule has 2 saturated carbocycles. The normalized spacial score (nSPS) is 17.3. The van der Waals surface area contributed by atoms with Gasteiger partial charge in [0.15, 0.2) is 0 Å². The van der Waals surface area contributed by atoms with Crippen molar-refractivity contribution in [2.45, 2.75) is 41.8 Å². The standard InChI is InChI=1S/C30H25Cl2NO4S/c31-27-9-4-20(16-25(27)29(34)11-12-29)19-3-8-23(18-1-6-22(7-2-18)38(33,36)37)24(15-19)21-5-10-28(32)26(17-21)30(35)13-14-30/h1-10,15-17,34-35H,11-14H2,(H2,33,36,37). The number of nitrogens with two attached hydrogens (primary N) is 1. The molecule has 0 heterocycles. The summed E-state index contributed by atoms with van der Waals surface area (Å²) >= 11 is 12.9. The fourth-order valence-electron chi connectivity index (χ4n) is 4.92. The van der Waals surface area contributed by atoms with Gasteiger partial charge in [0.1, 0.15) is 0 Å². The monoisotopic (exact) mass is 565 g/mol. The molecule has 0 spiro atoms. The molecule has 4 aromatic rings. The number of sulfonamides is 1. The number of benzene rings is 4. The molecule has 0 aliphatic heterocycles. The Balaban J connectivity index is 1.52. The van der Waals surface area contributed by atoms with Crippen LogP contribution in [0.15, 0.2) is 83.8 Å². The molecule has 5 nitrogen and oxygen atoms in total. The van der Waals surface area contributed by atoms with Gasteiger partial charge in [0.25, 0.3) is 0 Å². The van der Waals surface area contributed by atoms with Gasteiger partial charge >= 0.3 is 0 Å². The molecule has 6 rings (SSSR count). The summed E-state index contributed by atoms with van der Waals surface area (Å²) < 4.78 is 23.6. The van der Waals surface area contributed by atoms with Crippen molar-refractivity contribution in [1.29, 1.82) is 0 Å². The van der Waals surface area contributed by atoms with E-state index in [0.717, 1.165) is 38.9 Å². The number of aliphatic hydroxyl groups is 2. The van der Waals surface area contributed by atoms with Gasteiger partial charge in [0, 0.05) is 21.2 Å². The van der Waals surface area contributed by atoms with Gasteiger partial charge in [0.05, 0.1) is 16.1 Å². The molecule has 38 heavy (non-hydrogen) atoms. The summed E-state index contributed by atoms with van der Waals surface area (Å²) in [6.45, 7) is 0. The first kappa shape index (κ1) is 25.6. The zero-order valence-corrected chi connectivity index (χ0v) is 22.6. The van der Waals surface area contributed by atoms with Gasteiger partial charge < -0.3 is 10.2 Å². The van der Waals surface area contributed by atoms with E-state index in [2.05, 4.69) is 6.07 Å². The van der Waals surface area contributed by atoms with Crippen LogP contribution in [0.1, 0.15) is 36.8 Å². The lowest BCUT2D eigenvalue weighted by molar-refractivity contribution is 0.151. The molecule has 0 aromatic heterocycles. The van der Waals surface area contributed by atoms with E-state index in [0.29, 0.717) is 41.3 Å². The van der Waals surface area contributed by atoms with E-state index in [-0.39, 0.29) is 4.90 Å². The summed E-state index contributed by atoms with van der Waals surface area (Å²) in [5.41, 5.74) is 4.92. The minimum atomic E-state index is -3.81. The second-order valence-electron chi connectivity index (χ2n) is 10.3. The first-order valence-corrected chi connectivity index (χ1v) is 14.6. The first-order valence-electron chi connectivity index (χ1n) is 12.3. The van der Waals surface area contributed by atoms with Gasteiger partial charge in [-0.3, -0.25) is 0 Å². The maximum atomic E-state index is 11.8. The van der Waals surface area contributed by atoms with Crippen molar-refractivity contribution >= 4 is 33.2 Å². The van der Waals surface area contributed by atoms with E-state index in [1.54, 1.807) is 18.2 Å². The van der Waals surface area contributed by atoms with Crippen LogP contribution in [-0.2, 0) is 21.2 Å². The van der Waals surface area contributed by atoms with Crippen LogP contribution < -0.4 is 5.14 Å². The fourth-order valence-corrected chi connectivity index (χ4v) is 6.03. The molecule has 8 heteroatoms. The van der Waals surface area contributed by atoms with Crippen molar-refractivity contribution in [2.75, 3.05) is 0 Å². The number of primary sulfonamides is 1. The Morgan fingerprint density at radius 3 is 1.58 bits per heavy atom. The Hall–Kier alpha value is -2.71. The summed E-state index contributed by atoms with van der Waals surface area (Å²) in [5.74, 6) is 0. The Labute approximate surface area is 231 Å². The Kier molecular flexibility index (Phi) is 6.00. The van der Waals surface area contributed by atoms with Gasteiger partial charge in [-0.25, -0.2) is 13.6 Å². The van der Waals surface area contributed by atoms with Gasteiger partial charge in [0.2, 0.25) is 10.0 Å². The number of halogens is 2. The molecule has 0 saturated heterocycles. The van der Waals surface area contributed by atoms with Crippen LogP contribution in [0.3, 0.4) is 0 Å². The summed E-state index contributed by atoms with van der Waals surface area (Å²) in [5, 5.41) is 27.9. The molecular formula is C30H25Cl2NO4S. The molecule has 2 aliphatic carbocycles. The second-order valence-corrected chi connectivity index (χ2v) is 12.7. The van der Waals surface area contributed by atoms with Crippen molar-refractivity contribution in [3.05, 3.63) is 100 Å². The van der Waals surface area contributed by atoms with Crippen molar-refractivity contribution in [3.8, 4) is 33.4 Å². The highest BCUT2D eigenvalue weighted by Gasteiger charge is 2.44. The highest BCUT2D eigenvalue weighted by atomic mass is 35.5. The van der Waals surface area contributed by atoms with Crippen LogP contribution in [-0.4, -0.2) is 18.6 Å². The quantitative estimate of drug-likeness (QED) is 0.245. The average Bonchev–Trinajstić information content (AvgIpc) is 3.82. The summed E-state index contributed by atoms with van der Waals surface area (Å²) in [6.07, 6.45) is 2.69. The largest absolute Gasteiger partial charge is 0.385 e. The van der Waals surface area contributed by atoms with Crippen molar-refractivity contribution in [2.24, 2.45) is 5.14 Å². The van der Waals surface area contributed by atoms with E-state index >= 15 is 0 Å². The van der Waals surface area contributed by atoms with E-state index < -0.39 is 21.2 Å². The van der Waals surface area contributed by atoms with Crippen LogP contribution in [0.2, 0.25) is 10.0 Å². The van der Waals surface area contributed by atoms with Crippen LogP contribution >= 0.6 is 23.2 Å². The van der Waals surface area contributed by atoms with Crippen LogP contribution in [0, 0.1) is 0 Å². The molecule has 194 valence electrons. The van der Waals surface area contributed by atoms with E-state index in [1.807, 2.05) is 42.5 Å². The highest BCUT2D eigenvalue weighted by Crippen LogP contribution is 2.50. The predicted octanol–water partition coefficient (Wildman–Crippen LogP) is 6.60. The molecular weight excluding hydrogens is 541 g/mol. The fraction of sp³-hybridized carbons (Fsp3) is 0.200. The van der Waals surface area contributed by atoms with Crippen LogP contribution in [0.4, 0.5) is 0 Å². The lowest BCUT2D eigenvalue weighted by Gasteiger charge is -2.17. The summed E-state index contributed by atoms with van der Waals surface area (Å²) in [7, 11) is -3.81. The second kappa shape index (κ2) is 8.91. The summed E-state index contributed by atoms with van der Waals surface area (Å²) in [6, 6.07) is 23.8. The minimum absolute atomic E-state index is 0.0378. The average molecular weight is 567 g/mol. The Morgan fingerprint density at radius 1 is 0.605 bits per heavy atom. The molecule has 0 bridgehead atoms. The smallest absolute Gasteiger partial charge is 0.238 e. The molecule has 2 fully saturated rings. The van der Waals surface area contributed by atoms with E-state index in [1.165, 1.54) is 12.1 Å². The molecule has 0 amide bonds. The molecule has 0 unspecified atom stereocenters. The molecule has 2 aliphatic rings. The molecule has 4 aromatic carbocycles. The lowest BCUT2D eigenvalue weighted by Crippen LogP contribution is -2.11. The van der Waals surface area contributed by atoms with Crippen molar-refractivity contribution < 1.29 is 18.6 Å². The third-order valence-electron chi connectivity index (χ3n) is 7.54. The van der Waals surface area contributed by atoms with Crippen LogP contribution in [0.5, 0.6) is 0 Å². The molecule has 4 N–H and O–H groups in total. The van der Waals surface area contributed by atoms with E-state index in [9.17, 15) is 18.6 Å². The highest BCUT2D eigenvalue weighted by molar-refractivity contribution is 7.89. The van der Waals surface area contributed by atoms with Crippen molar-refractivity contribution in [3.63, 3.8) is 0 Å².